The molecule has 1 amide bonds. The van der Waals surface area contributed by atoms with Crippen molar-refractivity contribution in [3.63, 3.8) is 0 Å². The third kappa shape index (κ3) is 2.35. The van der Waals surface area contributed by atoms with Gasteiger partial charge in [-0.15, -0.1) is 0 Å². The highest BCUT2D eigenvalue weighted by Crippen LogP contribution is 2.18. The number of hydrogen-bond acceptors (Lipinski definition) is 4. The molecule has 0 saturated carbocycles. The van der Waals surface area contributed by atoms with Gasteiger partial charge in [0.2, 0.25) is 0 Å². The van der Waals surface area contributed by atoms with Gasteiger partial charge in [0.15, 0.2) is 0 Å². The molecule has 1 aliphatic heterocycles. The number of rotatable bonds is 1. The van der Waals surface area contributed by atoms with Crippen LogP contribution in [0.25, 0.3) is 0 Å². The van der Waals surface area contributed by atoms with Crippen LogP contribution < -0.4 is 0 Å². The number of hydrogen-bond donors (Lipinski definition) is 2. The van der Waals surface area contributed by atoms with Gasteiger partial charge in [-0.05, 0) is 6.42 Å². The first kappa shape index (κ1) is 10.8. The Hall–Kier alpha value is -1.30. The van der Waals surface area contributed by atoms with Crippen molar-refractivity contribution in [1.29, 1.82) is 0 Å². The number of piperidine rings is 1. The van der Waals surface area contributed by atoms with Crippen molar-refractivity contribution >= 4 is 12.1 Å². The van der Waals surface area contributed by atoms with E-state index in [1.807, 2.05) is 0 Å². The lowest BCUT2D eigenvalue weighted by Crippen LogP contribution is -2.48. The van der Waals surface area contributed by atoms with Crippen LogP contribution in [0, 0.1) is 5.92 Å². The SMILES string of the molecule is COC(=O)C1CC(O)CN(C(=O)O)C1. The molecule has 2 unspecified atom stereocenters. The van der Waals surface area contributed by atoms with Gasteiger partial charge in [-0.2, -0.15) is 0 Å². The van der Waals surface area contributed by atoms with E-state index in [0.29, 0.717) is 0 Å². The molecule has 0 aromatic carbocycles. The molecule has 0 spiro atoms. The van der Waals surface area contributed by atoms with E-state index in [4.69, 9.17) is 5.11 Å². The van der Waals surface area contributed by atoms with Crippen LogP contribution in [0.5, 0.6) is 0 Å². The van der Waals surface area contributed by atoms with Crippen molar-refractivity contribution in [2.45, 2.75) is 12.5 Å². The van der Waals surface area contributed by atoms with Crippen molar-refractivity contribution in [2.75, 3.05) is 20.2 Å². The van der Waals surface area contributed by atoms with E-state index in [0.717, 1.165) is 4.90 Å². The minimum atomic E-state index is -1.13. The Morgan fingerprint density at radius 2 is 2.07 bits per heavy atom. The van der Waals surface area contributed by atoms with E-state index in [9.17, 15) is 14.7 Å². The van der Waals surface area contributed by atoms with E-state index in [1.165, 1.54) is 7.11 Å². The Kier molecular flexibility index (Phi) is 3.29. The number of carbonyl (C=O) groups is 2. The second-order valence-electron chi connectivity index (χ2n) is 3.30. The molecule has 14 heavy (non-hydrogen) atoms. The highest BCUT2D eigenvalue weighted by Gasteiger charge is 2.33. The summed E-state index contributed by atoms with van der Waals surface area (Å²) in [6.07, 6.45) is -1.65. The van der Waals surface area contributed by atoms with Gasteiger partial charge >= 0.3 is 12.1 Å². The summed E-state index contributed by atoms with van der Waals surface area (Å²) >= 11 is 0. The van der Waals surface area contributed by atoms with Crippen molar-refractivity contribution in [3.8, 4) is 0 Å². The van der Waals surface area contributed by atoms with Crippen molar-refractivity contribution in [2.24, 2.45) is 5.92 Å². The first-order chi connectivity index (χ1) is 6.54. The Labute approximate surface area is 81.1 Å². The number of aliphatic hydroxyl groups is 1. The third-order valence-corrected chi connectivity index (χ3v) is 2.23. The monoisotopic (exact) mass is 203 g/mol. The number of carbonyl (C=O) groups excluding carboxylic acids is 1. The standard InChI is InChI=1S/C8H13NO5/c1-14-7(11)5-2-6(10)4-9(3-5)8(12)13/h5-6,10H,2-4H2,1H3,(H,12,13). The molecule has 1 heterocycles. The van der Waals surface area contributed by atoms with Gasteiger partial charge in [-0.25, -0.2) is 4.79 Å². The highest BCUT2D eigenvalue weighted by atomic mass is 16.5. The van der Waals surface area contributed by atoms with Crippen molar-refractivity contribution in [1.82, 2.24) is 4.90 Å². The fourth-order valence-corrected chi connectivity index (χ4v) is 1.57. The Balaban J connectivity index is 2.62. The summed E-state index contributed by atoms with van der Waals surface area (Å²) in [5.41, 5.74) is 0. The molecule has 0 aromatic rings. The molecule has 80 valence electrons. The molecule has 2 atom stereocenters. The first-order valence-corrected chi connectivity index (χ1v) is 4.28. The molecule has 0 bridgehead atoms. The van der Waals surface area contributed by atoms with Crippen LogP contribution in [0.1, 0.15) is 6.42 Å². The van der Waals surface area contributed by atoms with E-state index in [-0.39, 0.29) is 19.5 Å². The molecule has 1 rings (SSSR count). The van der Waals surface area contributed by atoms with Crippen LogP contribution in [0.4, 0.5) is 4.79 Å². The maximum Gasteiger partial charge on any atom is 0.407 e. The van der Waals surface area contributed by atoms with Crippen LogP contribution in [0.3, 0.4) is 0 Å². The van der Waals surface area contributed by atoms with E-state index in [1.54, 1.807) is 0 Å². The highest BCUT2D eigenvalue weighted by molar-refractivity contribution is 5.74. The molecular weight excluding hydrogens is 190 g/mol. The Bertz CT molecular complexity index is 242. The minimum absolute atomic E-state index is 0.0584. The summed E-state index contributed by atoms with van der Waals surface area (Å²) in [6, 6.07) is 0. The number of esters is 1. The molecule has 1 saturated heterocycles. The van der Waals surface area contributed by atoms with Crippen molar-refractivity contribution < 1.29 is 24.5 Å². The zero-order valence-electron chi connectivity index (χ0n) is 7.84. The largest absolute Gasteiger partial charge is 0.469 e. The van der Waals surface area contributed by atoms with Crippen LogP contribution in [0.2, 0.25) is 0 Å². The van der Waals surface area contributed by atoms with E-state index in [2.05, 4.69) is 4.74 Å². The van der Waals surface area contributed by atoms with Gasteiger partial charge < -0.3 is 19.8 Å². The number of amides is 1. The predicted molar refractivity (Wildman–Crippen MR) is 45.7 cm³/mol. The minimum Gasteiger partial charge on any atom is -0.469 e. The maximum absolute atomic E-state index is 11.1. The van der Waals surface area contributed by atoms with Crippen LogP contribution in [0.15, 0.2) is 0 Å². The fraction of sp³-hybridized carbons (Fsp3) is 0.750. The second kappa shape index (κ2) is 4.28. The van der Waals surface area contributed by atoms with Crippen molar-refractivity contribution in [3.05, 3.63) is 0 Å². The van der Waals surface area contributed by atoms with Gasteiger partial charge in [-0.3, -0.25) is 4.79 Å². The normalized spacial score (nSPS) is 27.1. The Morgan fingerprint density at radius 1 is 1.43 bits per heavy atom. The van der Waals surface area contributed by atoms with Gasteiger partial charge in [-0.1, -0.05) is 0 Å². The number of carboxylic acid groups (broad SMARTS) is 1. The molecule has 0 aliphatic carbocycles. The molecule has 6 nitrogen and oxygen atoms in total. The van der Waals surface area contributed by atoms with Crippen LogP contribution in [-0.4, -0.2) is 53.5 Å². The maximum atomic E-state index is 11.1. The average Bonchev–Trinajstić information content (AvgIpc) is 2.15. The summed E-state index contributed by atoms with van der Waals surface area (Å²) in [7, 11) is 1.24. The summed E-state index contributed by atoms with van der Waals surface area (Å²) in [5, 5.41) is 18.0. The summed E-state index contributed by atoms with van der Waals surface area (Å²) in [6.45, 7) is 0.155. The number of aliphatic hydroxyl groups excluding tert-OH is 1. The number of nitrogens with zero attached hydrogens (tertiary/aromatic N) is 1. The topological polar surface area (TPSA) is 87.1 Å². The number of methoxy groups -OCH3 is 1. The van der Waals surface area contributed by atoms with Gasteiger partial charge in [0, 0.05) is 13.1 Å². The summed E-state index contributed by atoms with van der Waals surface area (Å²) in [5.74, 6) is -1.03. The zero-order chi connectivity index (χ0) is 10.7. The third-order valence-electron chi connectivity index (χ3n) is 2.23. The van der Waals surface area contributed by atoms with E-state index >= 15 is 0 Å². The van der Waals surface area contributed by atoms with Gasteiger partial charge in [0.1, 0.15) is 0 Å². The van der Waals surface area contributed by atoms with Crippen LogP contribution >= 0.6 is 0 Å². The molecule has 1 fully saturated rings. The zero-order valence-corrected chi connectivity index (χ0v) is 7.84. The molecule has 0 aromatic heterocycles. The molecule has 0 radical (unpaired) electrons. The molecule has 2 N–H and O–H groups in total. The molecular formula is C8H13NO5. The van der Waals surface area contributed by atoms with Crippen LogP contribution in [-0.2, 0) is 9.53 Å². The van der Waals surface area contributed by atoms with Gasteiger partial charge in [0.25, 0.3) is 0 Å². The summed E-state index contributed by atoms with van der Waals surface area (Å²) < 4.78 is 4.50. The first-order valence-electron chi connectivity index (χ1n) is 4.28. The molecule has 1 aliphatic rings. The molecule has 6 heteroatoms. The van der Waals surface area contributed by atoms with Gasteiger partial charge in [0.05, 0.1) is 19.1 Å². The Morgan fingerprint density at radius 3 is 2.57 bits per heavy atom. The number of likely N-dealkylation sites (tertiary alicyclic amines) is 1. The lowest BCUT2D eigenvalue weighted by Gasteiger charge is -2.32. The predicted octanol–water partition coefficient (Wildman–Crippen LogP) is -0.480. The van der Waals surface area contributed by atoms with E-state index < -0.39 is 24.1 Å². The second-order valence-corrected chi connectivity index (χ2v) is 3.30. The lowest BCUT2D eigenvalue weighted by atomic mass is 9.96. The fourth-order valence-electron chi connectivity index (χ4n) is 1.57. The quantitative estimate of drug-likeness (QED) is 0.562. The average molecular weight is 203 g/mol. The number of β-amino-alcohol motifs (C(OH)–C–C–N with tert-alkyl or cyclic N) is 1. The number of ether oxygens (including phenoxy) is 1. The smallest absolute Gasteiger partial charge is 0.407 e. The summed E-state index contributed by atoms with van der Waals surface area (Å²) in [4.78, 5) is 22.8. The lowest BCUT2D eigenvalue weighted by molar-refractivity contribution is -0.148.